The number of fused-ring (bicyclic) bond motifs is 1. The van der Waals surface area contributed by atoms with Crippen molar-refractivity contribution >= 4 is 33.4 Å². The van der Waals surface area contributed by atoms with Crippen LogP contribution < -0.4 is 10.6 Å². The maximum Gasteiger partial charge on any atom is 0.405 e. The molecule has 11 heteroatoms. The number of rotatable bonds is 5. The second kappa shape index (κ2) is 7.43. The molecule has 3 rings (SSSR count). The Balaban J connectivity index is 1.87. The van der Waals surface area contributed by atoms with Crippen LogP contribution in [0.1, 0.15) is 29.0 Å². The summed E-state index contributed by atoms with van der Waals surface area (Å²) in [6, 6.07) is 2.46. The van der Waals surface area contributed by atoms with Crippen LogP contribution in [0.2, 0.25) is 0 Å². The van der Waals surface area contributed by atoms with Gasteiger partial charge in [-0.2, -0.15) is 13.2 Å². The molecule has 0 aromatic carbocycles. The van der Waals surface area contributed by atoms with Gasteiger partial charge in [0.2, 0.25) is 5.95 Å². The highest BCUT2D eigenvalue weighted by Crippen LogP contribution is 2.25. The van der Waals surface area contributed by atoms with E-state index in [-0.39, 0.29) is 11.6 Å². The highest BCUT2D eigenvalue weighted by atomic mass is 32.1. The fraction of sp³-hybridized carbons (Fsp3) is 0.250. The second-order valence-corrected chi connectivity index (χ2v) is 6.55. The average molecular weight is 399 g/mol. The first kappa shape index (κ1) is 19.0. The molecule has 0 saturated carbocycles. The average Bonchev–Trinajstić information content (AvgIpc) is 3.06. The number of hydrogen-bond donors (Lipinski definition) is 2. The van der Waals surface area contributed by atoms with E-state index in [1.165, 1.54) is 12.3 Å². The molecule has 1 atom stereocenters. The summed E-state index contributed by atoms with van der Waals surface area (Å²) < 4.78 is 50.8. The van der Waals surface area contributed by atoms with Crippen molar-refractivity contribution in [2.45, 2.75) is 19.1 Å². The van der Waals surface area contributed by atoms with Crippen LogP contribution in [0.25, 0.3) is 10.2 Å². The molecule has 3 aromatic rings. The van der Waals surface area contributed by atoms with Gasteiger partial charge >= 0.3 is 6.18 Å². The van der Waals surface area contributed by atoms with E-state index in [0.717, 1.165) is 17.5 Å². The Bertz CT molecular complexity index is 975. The molecule has 1 unspecified atom stereocenters. The van der Waals surface area contributed by atoms with Crippen molar-refractivity contribution in [1.82, 2.24) is 20.3 Å². The molecule has 6 nitrogen and oxygen atoms in total. The predicted octanol–water partition coefficient (Wildman–Crippen LogP) is 3.69. The number of thiophene rings is 1. The second-order valence-electron chi connectivity index (χ2n) is 5.63. The molecule has 3 aromatic heterocycles. The van der Waals surface area contributed by atoms with E-state index >= 15 is 0 Å². The molecule has 0 aliphatic carbocycles. The number of aromatic nitrogens is 3. The highest BCUT2D eigenvalue weighted by Gasteiger charge is 2.29. The van der Waals surface area contributed by atoms with Crippen LogP contribution >= 0.6 is 11.3 Å². The summed E-state index contributed by atoms with van der Waals surface area (Å²) in [6.07, 6.45) is -2.01. The summed E-state index contributed by atoms with van der Waals surface area (Å²) in [6.45, 7) is 0.248. The van der Waals surface area contributed by atoms with Crippen molar-refractivity contribution in [2.75, 3.05) is 11.9 Å². The van der Waals surface area contributed by atoms with Crippen LogP contribution in [0.15, 0.2) is 29.9 Å². The SMILES string of the molecule is CC(Nc1nc(C(=O)NCC(F)(F)F)c2sccc2n1)c1cncc(F)c1. The minimum absolute atomic E-state index is 0.0369. The van der Waals surface area contributed by atoms with Gasteiger partial charge in [0.25, 0.3) is 5.91 Å². The van der Waals surface area contributed by atoms with Gasteiger partial charge < -0.3 is 10.6 Å². The lowest BCUT2D eigenvalue weighted by molar-refractivity contribution is -0.123. The van der Waals surface area contributed by atoms with E-state index in [0.29, 0.717) is 15.8 Å². The van der Waals surface area contributed by atoms with Crippen LogP contribution in [0, 0.1) is 5.82 Å². The van der Waals surface area contributed by atoms with Crippen molar-refractivity contribution in [3.8, 4) is 0 Å². The third-order valence-electron chi connectivity index (χ3n) is 3.54. The van der Waals surface area contributed by atoms with Gasteiger partial charge in [-0.3, -0.25) is 9.78 Å². The molecule has 2 N–H and O–H groups in total. The van der Waals surface area contributed by atoms with Crippen LogP contribution in [0.5, 0.6) is 0 Å². The van der Waals surface area contributed by atoms with Gasteiger partial charge in [0.15, 0.2) is 5.69 Å². The molecule has 0 fully saturated rings. The van der Waals surface area contributed by atoms with Crippen molar-refractivity contribution < 1.29 is 22.4 Å². The van der Waals surface area contributed by atoms with Gasteiger partial charge in [0.1, 0.15) is 12.4 Å². The lowest BCUT2D eigenvalue weighted by Gasteiger charge is -2.15. The maximum absolute atomic E-state index is 13.3. The summed E-state index contributed by atoms with van der Waals surface area (Å²) in [7, 11) is 0. The Morgan fingerprint density at radius 3 is 2.78 bits per heavy atom. The first-order valence-electron chi connectivity index (χ1n) is 7.70. The Hall–Kier alpha value is -2.82. The van der Waals surface area contributed by atoms with E-state index < -0.39 is 30.5 Å². The Labute approximate surface area is 154 Å². The van der Waals surface area contributed by atoms with Crippen LogP contribution in [-0.4, -0.2) is 33.6 Å². The van der Waals surface area contributed by atoms with Crippen molar-refractivity contribution in [1.29, 1.82) is 0 Å². The van der Waals surface area contributed by atoms with E-state index in [9.17, 15) is 22.4 Å². The molecule has 1 amide bonds. The minimum atomic E-state index is -4.53. The van der Waals surface area contributed by atoms with Gasteiger partial charge in [-0.15, -0.1) is 11.3 Å². The van der Waals surface area contributed by atoms with E-state index in [4.69, 9.17) is 0 Å². The molecule has 0 radical (unpaired) electrons. The zero-order valence-electron chi connectivity index (χ0n) is 13.8. The van der Waals surface area contributed by atoms with Gasteiger partial charge in [-0.05, 0) is 30.0 Å². The molecule has 27 heavy (non-hydrogen) atoms. The number of amides is 1. The van der Waals surface area contributed by atoms with Gasteiger partial charge in [-0.25, -0.2) is 14.4 Å². The summed E-state index contributed by atoms with van der Waals surface area (Å²) in [5, 5.41) is 6.37. The first-order valence-corrected chi connectivity index (χ1v) is 8.58. The smallest absolute Gasteiger partial charge is 0.348 e. The number of anilines is 1. The molecule has 3 heterocycles. The van der Waals surface area contributed by atoms with Crippen molar-refractivity contribution in [3.05, 3.63) is 47.0 Å². The number of pyridine rings is 1. The molecule has 142 valence electrons. The molecular formula is C16H13F4N5OS. The summed E-state index contributed by atoms with van der Waals surface area (Å²) >= 11 is 1.15. The summed E-state index contributed by atoms with van der Waals surface area (Å²) in [5.74, 6) is -1.43. The normalized spacial score (nSPS) is 12.8. The monoisotopic (exact) mass is 399 g/mol. The van der Waals surface area contributed by atoms with Gasteiger partial charge in [0.05, 0.1) is 22.5 Å². The zero-order valence-corrected chi connectivity index (χ0v) is 14.7. The number of halogens is 4. The molecule has 0 saturated heterocycles. The van der Waals surface area contributed by atoms with Crippen LogP contribution in [0.3, 0.4) is 0 Å². The molecule has 0 spiro atoms. The predicted molar refractivity (Wildman–Crippen MR) is 92.0 cm³/mol. The standard InChI is InChI=1S/C16H13F4N5OS/c1-8(9-4-10(17)6-21-5-9)23-15-24-11-2-3-27-13(11)12(25-15)14(26)22-7-16(18,19)20/h2-6,8H,7H2,1H3,(H,22,26)(H,23,24,25). The Morgan fingerprint density at radius 2 is 2.07 bits per heavy atom. The molecule has 0 aliphatic rings. The van der Waals surface area contributed by atoms with E-state index in [1.807, 2.05) is 0 Å². The Morgan fingerprint density at radius 1 is 1.30 bits per heavy atom. The zero-order chi connectivity index (χ0) is 19.6. The molecular weight excluding hydrogens is 386 g/mol. The largest absolute Gasteiger partial charge is 0.405 e. The number of carbonyl (C=O) groups excluding carboxylic acids is 1. The molecule has 0 aliphatic heterocycles. The minimum Gasteiger partial charge on any atom is -0.348 e. The fourth-order valence-electron chi connectivity index (χ4n) is 2.29. The Kier molecular flexibility index (Phi) is 5.22. The van der Waals surface area contributed by atoms with Crippen molar-refractivity contribution in [3.63, 3.8) is 0 Å². The lowest BCUT2D eigenvalue weighted by atomic mass is 10.1. The van der Waals surface area contributed by atoms with E-state index in [1.54, 1.807) is 23.7 Å². The number of nitrogens with one attached hydrogen (secondary N) is 2. The third-order valence-corrected chi connectivity index (χ3v) is 4.45. The molecule has 0 bridgehead atoms. The van der Waals surface area contributed by atoms with Crippen molar-refractivity contribution in [2.24, 2.45) is 0 Å². The van der Waals surface area contributed by atoms with Crippen LogP contribution in [-0.2, 0) is 0 Å². The number of hydrogen-bond acceptors (Lipinski definition) is 6. The summed E-state index contributed by atoms with van der Waals surface area (Å²) in [4.78, 5) is 24.2. The van der Waals surface area contributed by atoms with Crippen LogP contribution in [0.4, 0.5) is 23.5 Å². The topological polar surface area (TPSA) is 79.8 Å². The lowest BCUT2D eigenvalue weighted by Crippen LogP contribution is -2.34. The highest BCUT2D eigenvalue weighted by molar-refractivity contribution is 7.17. The summed E-state index contributed by atoms with van der Waals surface area (Å²) in [5.41, 5.74) is 0.776. The van der Waals surface area contributed by atoms with E-state index in [2.05, 4.69) is 20.3 Å². The maximum atomic E-state index is 13.3. The number of alkyl halides is 3. The first-order chi connectivity index (χ1) is 12.7. The van der Waals surface area contributed by atoms with Gasteiger partial charge in [-0.1, -0.05) is 0 Å². The number of nitrogens with zero attached hydrogens (tertiary/aromatic N) is 3. The van der Waals surface area contributed by atoms with Gasteiger partial charge in [0, 0.05) is 6.20 Å². The third kappa shape index (κ3) is 4.67. The fourth-order valence-corrected chi connectivity index (χ4v) is 3.11. The number of carbonyl (C=O) groups is 1. The quantitative estimate of drug-likeness (QED) is 0.640.